The maximum atomic E-state index is 13.4. The smallest absolute Gasteiger partial charge is 0.151 e. The van der Waals surface area contributed by atoms with Crippen LogP contribution in [-0.4, -0.2) is 15.8 Å². The molecular weight excluding hydrogens is 247 g/mol. The van der Waals surface area contributed by atoms with Crippen molar-refractivity contribution < 1.29 is 4.39 Å². The quantitative estimate of drug-likeness (QED) is 0.783. The van der Waals surface area contributed by atoms with E-state index >= 15 is 0 Å². The van der Waals surface area contributed by atoms with Crippen LogP contribution in [0.25, 0.3) is 10.7 Å². The topological polar surface area (TPSA) is 25.8 Å². The van der Waals surface area contributed by atoms with E-state index in [2.05, 4.69) is 9.97 Å². The van der Waals surface area contributed by atoms with Crippen LogP contribution in [0.5, 0.6) is 0 Å². The molecule has 5 heteroatoms. The van der Waals surface area contributed by atoms with Crippen LogP contribution >= 0.6 is 22.9 Å². The van der Waals surface area contributed by atoms with Crippen molar-refractivity contribution in [2.75, 3.05) is 5.88 Å². The maximum absolute atomic E-state index is 13.4. The summed E-state index contributed by atoms with van der Waals surface area (Å²) in [6, 6.07) is 2.96. The Labute approximate surface area is 102 Å². The van der Waals surface area contributed by atoms with Crippen LogP contribution in [0.15, 0.2) is 23.7 Å². The average molecular weight is 257 g/mol. The number of aryl methyl sites for hydroxylation is 1. The number of aromatic nitrogens is 2. The van der Waals surface area contributed by atoms with Crippen LogP contribution in [0.2, 0.25) is 0 Å². The summed E-state index contributed by atoms with van der Waals surface area (Å²) in [4.78, 5) is 8.33. The second kappa shape index (κ2) is 5.37. The summed E-state index contributed by atoms with van der Waals surface area (Å²) >= 11 is 7.01. The van der Waals surface area contributed by atoms with Crippen molar-refractivity contribution in [2.45, 2.75) is 12.8 Å². The van der Waals surface area contributed by atoms with E-state index in [1.807, 2.05) is 5.38 Å². The van der Waals surface area contributed by atoms with Gasteiger partial charge in [0.2, 0.25) is 0 Å². The van der Waals surface area contributed by atoms with E-state index < -0.39 is 0 Å². The second-order valence-corrected chi connectivity index (χ2v) is 4.51. The summed E-state index contributed by atoms with van der Waals surface area (Å²) in [6.45, 7) is 0. The first-order valence-corrected chi connectivity index (χ1v) is 6.34. The highest BCUT2D eigenvalue weighted by Crippen LogP contribution is 2.24. The molecule has 0 spiro atoms. The molecule has 0 atom stereocenters. The molecule has 0 fully saturated rings. The summed E-state index contributed by atoms with van der Waals surface area (Å²) in [5.74, 6) is 0.283. The van der Waals surface area contributed by atoms with Crippen molar-refractivity contribution in [3.8, 4) is 10.7 Å². The summed E-state index contributed by atoms with van der Waals surface area (Å²) in [5.41, 5.74) is 1.27. The van der Waals surface area contributed by atoms with Gasteiger partial charge in [-0.15, -0.1) is 22.9 Å². The zero-order valence-corrected chi connectivity index (χ0v) is 10.1. The van der Waals surface area contributed by atoms with Crippen LogP contribution in [-0.2, 0) is 6.42 Å². The van der Waals surface area contributed by atoms with Crippen LogP contribution < -0.4 is 0 Å². The van der Waals surface area contributed by atoms with Gasteiger partial charge < -0.3 is 0 Å². The van der Waals surface area contributed by atoms with Crippen LogP contribution in [0.4, 0.5) is 4.39 Å². The third-order valence-corrected chi connectivity index (χ3v) is 3.24. The standard InChI is InChI=1S/C11H10ClFN2S/c12-5-1-3-8-7-16-11(15-8)10-9(13)4-2-6-14-10/h2,4,6-7H,1,3,5H2. The molecule has 0 radical (unpaired) electrons. The molecule has 2 nitrogen and oxygen atoms in total. The number of alkyl halides is 1. The van der Waals surface area contributed by atoms with Gasteiger partial charge in [0.1, 0.15) is 10.7 Å². The number of hydrogen-bond acceptors (Lipinski definition) is 3. The molecule has 0 aromatic carbocycles. The molecule has 0 bridgehead atoms. The zero-order valence-electron chi connectivity index (χ0n) is 8.49. The molecule has 2 heterocycles. The molecule has 84 valence electrons. The Kier molecular flexibility index (Phi) is 3.85. The van der Waals surface area contributed by atoms with E-state index in [0.717, 1.165) is 18.5 Å². The minimum atomic E-state index is -0.333. The molecule has 16 heavy (non-hydrogen) atoms. The van der Waals surface area contributed by atoms with Gasteiger partial charge in [0.25, 0.3) is 0 Å². The molecule has 0 N–H and O–H groups in total. The van der Waals surface area contributed by atoms with Gasteiger partial charge in [0, 0.05) is 17.5 Å². The van der Waals surface area contributed by atoms with Gasteiger partial charge in [0.15, 0.2) is 5.82 Å². The summed E-state index contributed by atoms with van der Waals surface area (Å²) in [5, 5.41) is 2.55. The summed E-state index contributed by atoms with van der Waals surface area (Å²) in [7, 11) is 0. The maximum Gasteiger partial charge on any atom is 0.151 e. The van der Waals surface area contributed by atoms with Gasteiger partial charge in [-0.2, -0.15) is 0 Å². The molecule has 2 aromatic rings. The Morgan fingerprint density at radius 1 is 1.44 bits per heavy atom. The molecule has 0 unspecified atom stereocenters. The van der Waals surface area contributed by atoms with Crippen molar-refractivity contribution in [3.05, 3.63) is 35.2 Å². The number of hydrogen-bond donors (Lipinski definition) is 0. The third kappa shape index (κ3) is 2.57. The molecular formula is C11H10ClFN2S. The van der Waals surface area contributed by atoms with E-state index in [1.165, 1.54) is 17.4 Å². The first-order valence-electron chi connectivity index (χ1n) is 4.92. The lowest BCUT2D eigenvalue weighted by atomic mass is 10.3. The molecule has 0 saturated heterocycles. The highest BCUT2D eigenvalue weighted by Gasteiger charge is 2.10. The van der Waals surface area contributed by atoms with Crippen molar-refractivity contribution in [3.63, 3.8) is 0 Å². The first kappa shape index (κ1) is 11.5. The predicted octanol–water partition coefficient (Wildman–Crippen LogP) is 3.52. The van der Waals surface area contributed by atoms with Crippen LogP contribution in [0.3, 0.4) is 0 Å². The average Bonchev–Trinajstić information content (AvgIpc) is 2.75. The number of thiazole rings is 1. The largest absolute Gasteiger partial charge is 0.251 e. The zero-order chi connectivity index (χ0) is 11.4. The number of pyridine rings is 1. The van der Waals surface area contributed by atoms with Gasteiger partial charge in [-0.05, 0) is 25.0 Å². The monoisotopic (exact) mass is 256 g/mol. The Morgan fingerprint density at radius 2 is 2.31 bits per heavy atom. The Hall–Kier alpha value is -1.000. The third-order valence-electron chi connectivity index (χ3n) is 2.08. The first-order chi connectivity index (χ1) is 7.81. The molecule has 0 aliphatic rings. The molecule has 0 aliphatic heterocycles. The van der Waals surface area contributed by atoms with Gasteiger partial charge in [-0.25, -0.2) is 9.37 Å². The Morgan fingerprint density at radius 3 is 3.06 bits per heavy atom. The lowest BCUT2D eigenvalue weighted by Gasteiger charge is -1.96. The molecule has 0 aliphatic carbocycles. The van der Waals surface area contributed by atoms with Crippen molar-refractivity contribution in [2.24, 2.45) is 0 Å². The highest BCUT2D eigenvalue weighted by atomic mass is 35.5. The lowest BCUT2D eigenvalue weighted by Crippen LogP contribution is -1.90. The van der Waals surface area contributed by atoms with E-state index in [9.17, 15) is 4.39 Å². The normalized spacial score (nSPS) is 10.6. The molecule has 0 amide bonds. The second-order valence-electron chi connectivity index (χ2n) is 3.27. The molecule has 0 saturated carbocycles. The van der Waals surface area contributed by atoms with E-state index in [4.69, 9.17) is 11.6 Å². The predicted molar refractivity (Wildman–Crippen MR) is 64.3 cm³/mol. The molecule has 2 rings (SSSR count). The minimum Gasteiger partial charge on any atom is -0.251 e. The van der Waals surface area contributed by atoms with E-state index in [-0.39, 0.29) is 5.82 Å². The fourth-order valence-corrected chi connectivity index (χ4v) is 2.31. The van der Waals surface area contributed by atoms with E-state index in [1.54, 1.807) is 12.3 Å². The van der Waals surface area contributed by atoms with Crippen LogP contribution in [0.1, 0.15) is 12.1 Å². The Balaban J connectivity index is 2.22. The summed E-state index contributed by atoms with van der Waals surface area (Å²) < 4.78 is 13.4. The fraction of sp³-hybridized carbons (Fsp3) is 0.273. The van der Waals surface area contributed by atoms with Gasteiger partial charge in [-0.1, -0.05) is 0 Å². The molecule has 2 aromatic heterocycles. The minimum absolute atomic E-state index is 0.324. The Bertz CT molecular complexity index is 473. The van der Waals surface area contributed by atoms with Crippen molar-refractivity contribution in [1.29, 1.82) is 0 Å². The van der Waals surface area contributed by atoms with Crippen LogP contribution in [0, 0.1) is 5.82 Å². The number of nitrogens with zero attached hydrogens (tertiary/aromatic N) is 2. The van der Waals surface area contributed by atoms with Crippen molar-refractivity contribution >= 4 is 22.9 Å². The lowest BCUT2D eigenvalue weighted by molar-refractivity contribution is 0.625. The van der Waals surface area contributed by atoms with Crippen molar-refractivity contribution in [1.82, 2.24) is 9.97 Å². The number of rotatable bonds is 4. The van der Waals surface area contributed by atoms with E-state index in [0.29, 0.717) is 16.6 Å². The van der Waals surface area contributed by atoms with Gasteiger partial charge in [0.05, 0.1) is 5.69 Å². The van der Waals surface area contributed by atoms with Gasteiger partial charge in [-0.3, -0.25) is 4.98 Å². The van der Waals surface area contributed by atoms with Gasteiger partial charge >= 0.3 is 0 Å². The fourth-order valence-electron chi connectivity index (χ4n) is 1.32. The SMILES string of the molecule is Fc1cccnc1-c1nc(CCCCl)cs1. The summed E-state index contributed by atoms with van der Waals surface area (Å²) in [6.07, 6.45) is 3.28. The number of halogens is 2. The highest BCUT2D eigenvalue weighted by molar-refractivity contribution is 7.13.